The highest BCUT2D eigenvalue weighted by atomic mass is 15.1. The number of hydrogen-bond acceptors (Lipinski definition) is 3. The van der Waals surface area contributed by atoms with Crippen molar-refractivity contribution in [2.24, 2.45) is 13.0 Å². The van der Waals surface area contributed by atoms with Crippen LogP contribution in [0.1, 0.15) is 43.1 Å². The minimum Gasteiger partial charge on any atom is -0.340 e. The third kappa shape index (κ3) is 4.33. The van der Waals surface area contributed by atoms with Crippen molar-refractivity contribution < 1.29 is 0 Å². The van der Waals surface area contributed by atoms with Crippen LogP contribution in [-0.2, 0) is 13.6 Å². The molecule has 1 fully saturated rings. The van der Waals surface area contributed by atoms with Gasteiger partial charge < -0.3 is 14.8 Å². The number of likely N-dealkylation sites (tertiary alicyclic amines) is 1. The van der Waals surface area contributed by atoms with E-state index >= 15 is 0 Å². The smallest absolute Gasteiger partial charge is 0.120 e. The van der Waals surface area contributed by atoms with E-state index in [0.717, 1.165) is 24.7 Å². The highest BCUT2D eigenvalue weighted by Crippen LogP contribution is 2.16. The van der Waals surface area contributed by atoms with E-state index in [1.807, 2.05) is 17.7 Å². The van der Waals surface area contributed by atoms with E-state index in [9.17, 15) is 0 Å². The third-order valence-corrected chi connectivity index (χ3v) is 4.77. The highest BCUT2D eigenvalue weighted by Gasteiger charge is 2.14. The molecule has 0 saturated carbocycles. The molecule has 1 aliphatic heterocycles. The summed E-state index contributed by atoms with van der Waals surface area (Å²) < 4.78 is 1.96. The van der Waals surface area contributed by atoms with Gasteiger partial charge in [0.05, 0.1) is 0 Å². The fraction of sp³-hybridized carbons (Fsp3) is 0.706. The van der Waals surface area contributed by atoms with Gasteiger partial charge in [-0.1, -0.05) is 6.92 Å². The molecule has 0 amide bonds. The zero-order chi connectivity index (χ0) is 15.2. The molecule has 4 nitrogen and oxygen atoms in total. The SMILES string of the molecule is Cc1c(CNCCCN2CCC(C)CC2)cc(C#N)n1C. The Kier molecular flexibility index (Phi) is 5.84. The summed E-state index contributed by atoms with van der Waals surface area (Å²) in [4.78, 5) is 2.59. The minimum absolute atomic E-state index is 0.742. The fourth-order valence-electron chi connectivity index (χ4n) is 2.99. The van der Waals surface area contributed by atoms with Crippen LogP contribution in [0, 0.1) is 24.2 Å². The van der Waals surface area contributed by atoms with Gasteiger partial charge in [0.1, 0.15) is 11.8 Å². The number of hydrogen-bond donors (Lipinski definition) is 1. The lowest BCUT2D eigenvalue weighted by Crippen LogP contribution is -2.34. The van der Waals surface area contributed by atoms with Gasteiger partial charge in [-0.2, -0.15) is 5.26 Å². The molecule has 116 valence electrons. The Morgan fingerprint density at radius 3 is 2.71 bits per heavy atom. The quantitative estimate of drug-likeness (QED) is 0.818. The molecule has 0 bridgehead atoms. The molecule has 0 radical (unpaired) electrons. The van der Waals surface area contributed by atoms with Crippen LogP contribution in [0.4, 0.5) is 0 Å². The van der Waals surface area contributed by atoms with Crippen LogP contribution in [0.25, 0.3) is 0 Å². The number of nitriles is 1. The van der Waals surface area contributed by atoms with Crippen LogP contribution in [0.2, 0.25) is 0 Å². The lowest BCUT2D eigenvalue weighted by Gasteiger charge is -2.30. The van der Waals surface area contributed by atoms with Gasteiger partial charge in [-0.25, -0.2) is 0 Å². The maximum Gasteiger partial charge on any atom is 0.120 e. The van der Waals surface area contributed by atoms with Crippen molar-refractivity contribution >= 4 is 0 Å². The van der Waals surface area contributed by atoms with Crippen molar-refractivity contribution in [1.29, 1.82) is 5.26 Å². The molecule has 2 rings (SSSR count). The number of aromatic nitrogens is 1. The van der Waals surface area contributed by atoms with Crippen molar-refractivity contribution in [3.8, 4) is 6.07 Å². The van der Waals surface area contributed by atoms with E-state index in [2.05, 4.69) is 30.1 Å². The van der Waals surface area contributed by atoms with E-state index in [4.69, 9.17) is 5.26 Å². The average Bonchev–Trinajstić information content (AvgIpc) is 2.76. The van der Waals surface area contributed by atoms with E-state index < -0.39 is 0 Å². The summed E-state index contributed by atoms with van der Waals surface area (Å²) in [5.41, 5.74) is 3.16. The maximum atomic E-state index is 9.03. The van der Waals surface area contributed by atoms with Gasteiger partial charge in [-0.05, 0) is 69.9 Å². The Balaban J connectivity index is 1.65. The molecule has 1 saturated heterocycles. The zero-order valence-corrected chi connectivity index (χ0v) is 13.7. The molecule has 2 heterocycles. The Labute approximate surface area is 128 Å². The largest absolute Gasteiger partial charge is 0.340 e. The summed E-state index contributed by atoms with van der Waals surface area (Å²) in [5.74, 6) is 0.912. The second-order valence-electron chi connectivity index (χ2n) is 6.37. The number of rotatable bonds is 6. The molecule has 1 aromatic rings. The first-order valence-electron chi connectivity index (χ1n) is 8.10. The van der Waals surface area contributed by atoms with Crippen LogP contribution >= 0.6 is 0 Å². The molecule has 0 unspecified atom stereocenters. The highest BCUT2D eigenvalue weighted by molar-refractivity contribution is 5.33. The number of nitrogens with zero attached hydrogens (tertiary/aromatic N) is 3. The van der Waals surface area contributed by atoms with Crippen molar-refractivity contribution in [3.63, 3.8) is 0 Å². The summed E-state index contributed by atoms with van der Waals surface area (Å²) in [6.07, 6.45) is 3.91. The standard InChI is InChI=1S/C17H28N4/c1-14-5-9-21(10-6-14)8-4-7-19-13-16-11-17(12-18)20(3)15(16)2/h11,14,19H,4-10,13H2,1-3H3. The molecule has 1 aromatic heterocycles. The summed E-state index contributed by atoms with van der Waals surface area (Å²) in [6, 6.07) is 4.23. The lowest BCUT2D eigenvalue weighted by molar-refractivity contribution is 0.190. The van der Waals surface area contributed by atoms with E-state index in [1.54, 1.807) is 0 Å². The fourth-order valence-corrected chi connectivity index (χ4v) is 2.99. The monoisotopic (exact) mass is 288 g/mol. The minimum atomic E-state index is 0.742. The topological polar surface area (TPSA) is 44.0 Å². The van der Waals surface area contributed by atoms with Crippen LogP contribution < -0.4 is 5.32 Å². The Hall–Kier alpha value is -1.31. The number of nitrogens with one attached hydrogen (secondary N) is 1. The van der Waals surface area contributed by atoms with Crippen molar-refractivity contribution in [3.05, 3.63) is 23.0 Å². The van der Waals surface area contributed by atoms with Gasteiger partial charge in [0, 0.05) is 19.3 Å². The summed E-state index contributed by atoms with van der Waals surface area (Å²) in [7, 11) is 1.95. The molecular weight excluding hydrogens is 260 g/mol. The molecule has 0 atom stereocenters. The molecule has 0 aliphatic carbocycles. The summed E-state index contributed by atoms with van der Waals surface area (Å²) in [5, 5.41) is 12.5. The van der Waals surface area contributed by atoms with Crippen molar-refractivity contribution in [2.45, 2.75) is 39.7 Å². The van der Waals surface area contributed by atoms with Crippen LogP contribution in [-0.4, -0.2) is 35.6 Å². The van der Waals surface area contributed by atoms with E-state index in [-0.39, 0.29) is 0 Å². The third-order valence-electron chi connectivity index (χ3n) is 4.77. The predicted molar refractivity (Wildman–Crippen MR) is 86.0 cm³/mol. The van der Waals surface area contributed by atoms with Crippen molar-refractivity contribution in [2.75, 3.05) is 26.2 Å². The Bertz CT molecular complexity index is 490. The first-order valence-corrected chi connectivity index (χ1v) is 8.10. The molecular formula is C17H28N4. The van der Waals surface area contributed by atoms with Crippen molar-refractivity contribution in [1.82, 2.24) is 14.8 Å². The van der Waals surface area contributed by atoms with Crippen LogP contribution in [0.15, 0.2) is 6.07 Å². The Morgan fingerprint density at radius 2 is 2.10 bits per heavy atom. The Morgan fingerprint density at radius 1 is 1.38 bits per heavy atom. The van der Waals surface area contributed by atoms with Gasteiger partial charge in [-0.15, -0.1) is 0 Å². The molecule has 1 N–H and O–H groups in total. The van der Waals surface area contributed by atoms with Crippen LogP contribution in [0.3, 0.4) is 0 Å². The molecule has 4 heteroatoms. The molecule has 21 heavy (non-hydrogen) atoms. The normalized spacial score (nSPS) is 17.0. The zero-order valence-electron chi connectivity index (χ0n) is 13.7. The van der Waals surface area contributed by atoms with Gasteiger partial charge >= 0.3 is 0 Å². The predicted octanol–water partition coefficient (Wildman–Crippen LogP) is 2.42. The molecule has 0 aromatic carbocycles. The second kappa shape index (κ2) is 7.63. The van der Waals surface area contributed by atoms with Crippen LogP contribution in [0.5, 0.6) is 0 Å². The van der Waals surface area contributed by atoms with E-state index in [1.165, 1.54) is 50.2 Å². The summed E-state index contributed by atoms with van der Waals surface area (Å²) >= 11 is 0. The second-order valence-corrected chi connectivity index (χ2v) is 6.37. The van der Waals surface area contributed by atoms with E-state index in [0.29, 0.717) is 0 Å². The van der Waals surface area contributed by atoms with Gasteiger partial charge in [0.2, 0.25) is 0 Å². The average molecular weight is 288 g/mol. The van der Waals surface area contributed by atoms with Gasteiger partial charge in [-0.3, -0.25) is 0 Å². The molecule has 0 spiro atoms. The van der Waals surface area contributed by atoms with Gasteiger partial charge in [0.25, 0.3) is 0 Å². The maximum absolute atomic E-state index is 9.03. The lowest BCUT2D eigenvalue weighted by atomic mass is 9.99. The molecule has 1 aliphatic rings. The summed E-state index contributed by atoms with van der Waals surface area (Å²) in [6.45, 7) is 10.1. The first kappa shape index (κ1) is 16.1. The number of piperidine rings is 1. The van der Waals surface area contributed by atoms with Gasteiger partial charge in [0.15, 0.2) is 0 Å². The first-order chi connectivity index (χ1) is 10.1.